The molecule has 5 heteroatoms. The summed E-state index contributed by atoms with van der Waals surface area (Å²) in [6.45, 7) is 10.7. The highest BCUT2D eigenvalue weighted by Crippen LogP contribution is 2.43. The fraction of sp³-hybridized carbons (Fsp3) is 0.250. The summed E-state index contributed by atoms with van der Waals surface area (Å²) in [5.41, 5.74) is 6.43. The van der Waals surface area contributed by atoms with Crippen molar-refractivity contribution in [3.8, 4) is 9.75 Å². The lowest BCUT2D eigenvalue weighted by atomic mass is 10.3. The molecule has 3 rings (SSSR count). The Labute approximate surface area is 195 Å². The Morgan fingerprint density at radius 2 is 2.03 bits per heavy atom. The second-order valence-electron chi connectivity index (χ2n) is 6.36. The molecule has 0 saturated carbocycles. The highest BCUT2D eigenvalue weighted by Gasteiger charge is 2.20. The summed E-state index contributed by atoms with van der Waals surface area (Å²) >= 11 is 9.20. The maximum atomic E-state index is 3.90. The van der Waals surface area contributed by atoms with Crippen LogP contribution in [-0.4, -0.2) is 10.5 Å². The summed E-state index contributed by atoms with van der Waals surface area (Å²) in [5.74, 6) is 0. The van der Waals surface area contributed by atoms with Gasteiger partial charge in [-0.2, -0.15) is 0 Å². The Balaban J connectivity index is 1.69. The third kappa shape index (κ3) is 6.23. The Hall–Kier alpha value is -1.03. The normalized spacial score (nSPS) is 15.7. The molecule has 0 aromatic carbocycles. The number of thioether (sulfide) groups is 3. The molecule has 0 bridgehead atoms. The van der Waals surface area contributed by atoms with E-state index in [0.717, 1.165) is 16.2 Å². The fourth-order valence-corrected chi connectivity index (χ4v) is 7.72. The number of allylic oxidation sites excluding steroid dienone is 2. The van der Waals surface area contributed by atoms with Crippen LogP contribution in [0.15, 0.2) is 81.1 Å². The molecule has 29 heavy (non-hydrogen) atoms. The van der Waals surface area contributed by atoms with Gasteiger partial charge in [0.15, 0.2) is 0 Å². The molecule has 1 aliphatic rings. The van der Waals surface area contributed by atoms with Crippen LogP contribution in [0.5, 0.6) is 0 Å². The van der Waals surface area contributed by atoms with Crippen molar-refractivity contribution in [2.24, 2.45) is 0 Å². The Morgan fingerprint density at radius 1 is 1.21 bits per heavy atom. The summed E-state index contributed by atoms with van der Waals surface area (Å²) in [7, 11) is 0. The van der Waals surface area contributed by atoms with Gasteiger partial charge >= 0.3 is 0 Å². The number of rotatable bonds is 9. The molecule has 2 unspecified atom stereocenters. The van der Waals surface area contributed by atoms with Crippen LogP contribution in [0.3, 0.4) is 0 Å². The van der Waals surface area contributed by atoms with E-state index in [1.165, 1.54) is 19.5 Å². The van der Waals surface area contributed by atoms with Gasteiger partial charge in [-0.1, -0.05) is 51.3 Å². The van der Waals surface area contributed by atoms with E-state index in [2.05, 4.69) is 79.9 Å². The highest BCUT2D eigenvalue weighted by atomic mass is 32.2. The van der Waals surface area contributed by atoms with Crippen LogP contribution in [0, 0.1) is 0 Å². The van der Waals surface area contributed by atoms with Crippen molar-refractivity contribution in [1.82, 2.24) is 0 Å². The summed E-state index contributed by atoms with van der Waals surface area (Å²) in [5, 5.41) is 5.11. The molecule has 0 amide bonds. The molecule has 2 atom stereocenters. The zero-order chi connectivity index (χ0) is 20.6. The standard InChI is InChI=1S/C24H24S5/c1-5-10-22(24-14-13-23(29-24)21-12-9-16-26-21)28-18(4)17(3)27-19(6-2)20-11-7-8-15-25-20/h7-10,12-18H,2,5H2,1,3-4H3/b22-10-. The van der Waals surface area contributed by atoms with Crippen molar-refractivity contribution in [1.29, 1.82) is 0 Å². The van der Waals surface area contributed by atoms with Crippen molar-refractivity contribution in [3.05, 3.63) is 86.0 Å². The van der Waals surface area contributed by atoms with Crippen molar-refractivity contribution >= 4 is 62.9 Å². The first-order valence-corrected chi connectivity index (χ1v) is 13.8. The molecule has 0 radical (unpaired) electrons. The van der Waals surface area contributed by atoms with Crippen LogP contribution in [0.4, 0.5) is 0 Å². The van der Waals surface area contributed by atoms with Crippen molar-refractivity contribution in [2.75, 3.05) is 0 Å². The van der Waals surface area contributed by atoms with Crippen molar-refractivity contribution in [3.63, 3.8) is 0 Å². The van der Waals surface area contributed by atoms with Crippen molar-refractivity contribution < 1.29 is 0 Å². The van der Waals surface area contributed by atoms with E-state index >= 15 is 0 Å². The first-order valence-electron chi connectivity index (χ1n) is 9.48. The summed E-state index contributed by atoms with van der Waals surface area (Å²) < 4.78 is 0. The van der Waals surface area contributed by atoms with Gasteiger partial charge in [0.1, 0.15) is 0 Å². The summed E-state index contributed by atoms with van der Waals surface area (Å²) in [6.07, 6.45) is 7.37. The minimum absolute atomic E-state index is 0.432. The minimum Gasteiger partial charge on any atom is -0.143 e. The van der Waals surface area contributed by atoms with E-state index < -0.39 is 0 Å². The molecule has 0 spiro atoms. The van der Waals surface area contributed by atoms with Gasteiger partial charge in [0, 0.05) is 30.0 Å². The molecule has 0 fully saturated rings. The Morgan fingerprint density at radius 3 is 2.69 bits per heavy atom. The van der Waals surface area contributed by atoms with Crippen LogP contribution in [0.1, 0.15) is 32.1 Å². The van der Waals surface area contributed by atoms with E-state index in [-0.39, 0.29) is 0 Å². The quantitative estimate of drug-likeness (QED) is 0.333. The lowest BCUT2D eigenvalue weighted by molar-refractivity contribution is 0.934. The van der Waals surface area contributed by atoms with Gasteiger partial charge in [0.25, 0.3) is 0 Å². The molecule has 2 aromatic rings. The zero-order valence-corrected chi connectivity index (χ0v) is 20.9. The van der Waals surface area contributed by atoms with Gasteiger partial charge in [-0.15, -0.1) is 57.7 Å². The van der Waals surface area contributed by atoms with Gasteiger partial charge in [0.2, 0.25) is 0 Å². The van der Waals surface area contributed by atoms with Crippen LogP contribution in [0.2, 0.25) is 0 Å². The van der Waals surface area contributed by atoms with Gasteiger partial charge in [-0.05, 0) is 47.6 Å². The molecule has 0 aliphatic carbocycles. The fourth-order valence-electron chi connectivity index (χ4n) is 2.59. The average Bonchev–Trinajstić information content (AvgIpc) is 3.43. The monoisotopic (exact) mass is 472 g/mol. The molecule has 0 saturated heterocycles. The zero-order valence-electron chi connectivity index (χ0n) is 16.8. The molecular formula is C24H24S5. The molecule has 3 heterocycles. The van der Waals surface area contributed by atoms with E-state index in [9.17, 15) is 0 Å². The Bertz CT molecular complexity index is 990. The van der Waals surface area contributed by atoms with Gasteiger partial charge in [-0.25, -0.2) is 0 Å². The molecule has 0 nitrogen and oxygen atoms in total. The molecule has 2 aromatic heterocycles. The predicted octanol–water partition coefficient (Wildman–Crippen LogP) is 9.44. The van der Waals surface area contributed by atoms with Crippen LogP contribution in [-0.2, 0) is 0 Å². The molecule has 150 valence electrons. The lowest BCUT2D eigenvalue weighted by Crippen LogP contribution is -2.12. The van der Waals surface area contributed by atoms with Crippen LogP contribution < -0.4 is 0 Å². The number of hydrogen-bond acceptors (Lipinski definition) is 5. The number of thiophene rings is 2. The maximum Gasteiger partial charge on any atom is 0.0749 e. The summed E-state index contributed by atoms with van der Waals surface area (Å²) in [6, 6.07) is 8.84. The van der Waals surface area contributed by atoms with Gasteiger partial charge in [0.05, 0.1) is 9.81 Å². The maximum absolute atomic E-state index is 3.90. The van der Waals surface area contributed by atoms with Gasteiger partial charge < -0.3 is 0 Å². The molecule has 1 aliphatic heterocycles. The predicted molar refractivity (Wildman–Crippen MR) is 141 cm³/mol. The van der Waals surface area contributed by atoms with Gasteiger partial charge in [-0.3, -0.25) is 0 Å². The van der Waals surface area contributed by atoms with E-state index in [0.29, 0.717) is 10.5 Å². The lowest BCUT2D eigenvalue weighted by Gasteiger charge is -2.21. The second kappa shape index (κ2) is 11.4. The number of hydrogen-bond donors (Lipinski definition) is 0. The van der Waals surface area contributed by atoms with Crippen molar-refractivity contribution in [2.45, 2.75) is 37.7 Å². The largest absolute Gasteiger partial charge is 0.143 e. The smallest absolute Gasteiger partial charge is 0.0749 e. The average molecular weight is 473 g/mol. The Kier molecular flexibility index (Phi) is 8.89. The minimum atomic E-state index is 0.432. The first-order chi connectivity index (χ1) is 14.1. The van der Waals surface area contributed by atoms with E-state index in [4.69, 9.17) is 0 Å². The second-order valence-corrected chi connectivity index (χ2v) is 12.1. The SMILES string of the molecule is C=C=C(SC(C)C(C)S/C(=C\CC)c1ccc(-c2cccs2)s1)C1=C=CC=CS1. The van der Waals surface area contributed by atoms with Crippen LogP contribution >= 0.6 is 58.0 Å². The van der Waals surface area contributed by atoms with E-state index in [1.54, 1.807) is 23.1 Å². The van der Waals surface area contributed by atoms with E-state index in [1.807, 2.05) is 47.0 Å². The molecular weight excluding hydrogens is 449 g/mol. The third-order valence-electron chi connectivity index (χ3n) is 4.22. The first kappa shape index (κ1) is 22.7. The van der Waals surface area contributed by atoms with Crippen LogP contribution in [0.25, 0.3) is 14.7 Å². The molecule has 0 N–H and O–H groups in total. The third-order valence-corrected chi connectivity index (χ3v) is 10.5. The topological polar surface area (TPSA) is 0 Å². The highest BCUT2D eigenvalue weighted by molar-refractivity contribution is 8.12. The summed E-state index contributed by atoms with van der Waals surface area (Å²) in [4.78, 5) is 7.65.